The van der Waals surface area contributed by atoms with Gasteiger partial charge < -0.3 is 5.32 Å². The van der Waals surface area contributed by atoms with E-state index in [-0.39, 0.29) is 0 Å². The van der Waals surface area contributed by atoms with Crippen molar-refractivity contribution in [3.05, 3.63) is 36.7 Å². The second-order valence-corrected chi connectivity index (χ2v) is 1.55. The van der Waals surface area contributed by atoms with Crippen molar-refractivity contribution >= 4 is 0 Å². The quantitative estimate of drug-likeness (QED) is 0.567. The van der Waals surface area contributed by atoms with Crippen molar-refractivity contribution in [2.75, 3.05) is 0 Å². The molecule has 0 bridgehead atoms. The largest absolute Gasteiger partial charge is 0.368 e. The maximum absolute atomic E-state index is 2.96. The van der Waals surface area contributed by atoms with Crippen molar-refractivity contribution < 1.29 is 0 Å². The Kier molecular flexibility index (Phi) is 6.26. The summed E-state index contributed by atoms with van der Waals surface area (Å²) in [6.07, 6.45) is 11.6. The number of allylic oxidation sites excluding steroid dienone is 4. The minimum atomic E-state index is 1.88. The van der Waals surface area contributed by atoms with E-state index in [1.165, 1.54) is 0 Å². The fourth-order valence-electron chi connectivity index (χ4n) is 0.374. The third kappa shape index (κ3) is 7.02. The van der Waals surface area contributed by atoms with Gasteiger partial charge in [0.25, 0.3) is 0 Å². The molecule has 1 nitrogen and oxygen atoms in total. The first-order valence-electron chi connectivity index (χ1n) is 3.07. The lowest BCUT2D eigenvalue weighted by molar-refractivity contribution is 1.19. The molecule has 0 saturated carbocycles. The molecule has 0 rings (SSSR count). The molecule has 1 heteroatoms. The van der Waals surface area contributed by atoms with Crippen LogP contribution in [0.1, 0.15) is 13.8 Å². The van der Waals surface area contributed by atoms with Crippen LogP contribution in [0.5, 0.6) is 0 Å². The summed E-state index contributed by atoms with van der Waals surface area (Å²) < 4.78 is 0. The van der Waals surface area contributed by atoms with Crippen LogP contribution < -0.4 is 5.32 Å². The van der Waals surface area contributed by atoms with Gasteiger partial charge in [-0.3, -0.25) is 0 Å². The normalized spacial score (nSPS) is 12.2. The van der Waals surface area contributed by atoms with E-state index in [1.54, 1.807) is 0 Å². The first kappa shape index (κ1) is 8.02. The molecule has 0 saturated heterocycles. The zero-order valence-corrected chi connectivity index (χ0v) is 5.96. The summed E-state index contributed by atoms with van der Waals surface area (Å²) in [5.74, 6) is 0. The molecular weight excluding hydrogens is 110 g/mol. The molecule has 0 aliphatic heterocycles. The number of nitrogens with one attached hydrogen (secondary N) is 1. The van der Waals surface area contributed by atoms with Crippen LogP contribution in [-0.4, -0.2) is 0 Å². The Labute approximate surface area is 56.8 Å². The third-order valence-electron chi connectivity index (χ3n) is 0.759. The van der Waals surface area contributed by atoms with Gasteiger partial charge in [0.2, 0.25) is 0 Å². The van der Waals surface area contributed by atoms with E-state index in [9.17, 15) is 0 Å². The van der Waals surface area contributed by atoms with Gasteiger partial charge in [0.05, 0.1) is 0 Å². The molecule has 0 fully saturated rings. The topological polar surface area (TPSA) is 12.0 Å². The summed E-state index contributed by atoms with van der Waals surface area (Å²) in [4.78, 5) is 0. The highest BCUT2D eigenvalue weighted by Gasteiger charge is 1.59. The average Bonchev–Trinajstić information content (AvgIpc) is 1.89. The van der Waals surface area contributed by atoms with E-state index in [0.717, 1.165) is 0 Å². The molecule has 0 aromatic carbocycles. The monoisotopic (exact) mass is 123 g/mol. The van der Waals surface area contributed by atoms with E-state index in [4.69, 9.17) is 0 Å². The van der Waals surface area contributed by atoms with Crippen molar-refractivity contribution in [2.24, 2.45) is 0 Å². The lowest BCUT2D eigenvalue weighted by Gasteiger charge is -1.83. The highest BCUT2D eigenvalue weighted by Crippen LogP contribution is 1.72. The molecular formula is C8H13N. The second kappa shape index (κ2) is 7.02. The summed E-state index contributed by atoms with van der Waals surface area (Å²) in [6, 6.07) is 0. The number of rotatable bonds is 3. The first-order valence-corrected chi connectivity index (χ1v) is 3.07. The lowest BCUT2D eigenvalue weighted by atomic mass is 10.5. The molecule has 0 radical (unpaired) electrons. The summed E-state index contributed by atoms with van der Waals surface area (Å²) in [5, 5.41) is 2.96. The van der Waals surface area contributed by atoms with Crippen LogP contribution in [0.4, 0.5) is 0 Å². The maximum Gasteiger partial charge on any atom is 0.000418 e. The van der Waals surface area contributed by atoms with Crippen LogP contribution in [0.3, 0.4) is 0 Å². The van der Waals surface area contributed by atoms with E-state index in [1.807, 2.05) is 50.6 Å². The summed E-state index contributed by atoms with van der Waals surface area (Å²) in [6.45, 7) is 3.95. The van der Waals surface area contributed by atoms with Crippen molar-refractivity contribution in [1.82, 2.24) is 5.32 Å². The number of hydrogen-bond acceptors (Lipinski definition) is 1. The Morgan fingerprint density at radius 2 is 1.67 bits per heavy atom. The Hall–Kier alpha value is -0.980. The maximum atomic E-state index is 2.96. The molecule has 0 atom stereocenters. The van der Waals surface area contributed by atoms with Crippen LogP contribution in [-0.2, 0) is 0 Å². The fraction of sp³-hybridized carbons (Fsp3) is 0.250. The van der Waals surface area contributed by atoms with Crippen LogP contribution in [0.15, 0.2) is 36.7 Å². The standard InChI is InChI=1S/C8H13N/c1-3-5-6-8-9-7-4-2/h3-9H,1-2H3/b5-3-,7-4+,8-6-. The molecule has 0 aliphatic rings. The average molecular weight is 123 g/mol. The van der Waals surface area contributed by atoms with Gasteiger partial charge in [-0.2, -0.15) is 0 Å². The zero-order chi connectivity index (χ0) is 6.95. The van der Waals surface area contributed by atoms with Crippen LogP contribution in [0.2, 0.25) is 0 Å². The number of hydrogen-bond donors (Lipinski definition) is 1. The summed E-state index contributed by atoms with van der Waals surface area (Å²) in [5.41, 5.74) is 0. The van der Waals surface area contributed by atoms with Gasteiger partial charge >= 0.3 is 0 Å². The van der Waals surface area contributed by atoms with Gasteiger partial charge in [-0.05, 0) is 26.1 Å². The molecule has 0 aliphatic carbocycles. The molecule has 9 heavy (non-hydrogen) atoms. The smallest absolute Gasteiger partial charge is 0.000418 e. The molecule has 0 aromatic rings. The van der Waals surface area contributed by atoms with Crippen LogP contribution in [0, 0.1) is 0 Å². The minimum Gasteiger partial charge on any atom is -0.368 e. The van der Waals surface area contributed by atoms with Crippen molar-refractivity contribution in [3.63, 3.8) is 0 Å². The highest BCUT2D eigenvalue weighted by atomic mass is 14.8. The van der Waals surface area contributed by atoms with Gasteiger partial charge in [-0.15, -0.1) is 0 Å². The van der Waals surface area contributed by atoms with Gasteiger partial charge in [-0.1, -0.05) is 18.2 Å². The third-order valence-corrected chi connectivity index (χ3v) is 0.759. The SMILES string of the molecule is C/C=C\C=C/N/C=C/C. The molecule has 0 unspecified atom stereocenters. The summed E-state index contributed by atoms with van der Waals surface area (Å²) >= 11 is 0. The molecule has 0 amide bonds. The molecule has 50 valence electrons. The van der Waals surface area contributed by atoms with Gasteiger partial charge in [0.15, 0.2) is 0 Å². The first-order chi connectivity index (χ1) is 4.41. The van der Waals surface area contributed by atoms with Gasteiger partial charge in [0, 0.05) is 6.20 Å². The van der Waals surface area contributed by atoms with Gasteiger partial charge in [-0.25, -0.2) is 0 Å². The Bertz CT molecular complexity index is 121. The van der Waals surface area contributed by atoms with Crippen molar-refractivity contribution in [2.45, 2.75) is 13.8 Å². The fourth-order valence-corrected chi connectivity index (χ4v) is 0.374. The molecule has 0 spiro atoms. The van der Waals surface area contributed by atoms with Gasteiger partial charge in [0.1, 0.15) is 0 Å². The predicted octanol–water partition coefficient (Wildman–Crippen LogP) is 2.20. The lowest BCUT2D eigenvalue weighted by Crippen LogP contribution is -1.88. The van der Waals surface area contributed by atoms with Crippen LogP contribution >= 0.6 is 0 Å². The Morgan fingerprint density at radius 1 is 0.889 bits per heavy atom. The second-order valence-electron chi connectivity index (χ2n) is 1.55. The molecule has 0 aromatic heterocycles. The molecule has 0 heterocycles. The van der Waals surface area contributed by atoms with E-state index >= 15 is 0 Å². The highest BCUT2D eigenvalue weighted by molar-refractivity contribution is 5.01. The van der Waals surface area contributed by atoms with Crippen LogP contribution in [0.25, 0.3) is 0 Å². The Morgan fingerprint density at radius 3 is 2.22 bits per heavy atom. The van der Waals surface area contributed by atoms with E-state index < -0.39 is 0 Å². The van der Waals surface area contributed by atoms with E-state index in [0.29, 0.717) is 0 Å². The van der Waals surface area contributed by atoms with Crippen molar-refractivity contribution in [1.29, 1.82) is 0 Å². The van der Waals surface area contributed by atoms with Crippen molar-refractivity contribution in [3.8, 4) is 0 Å². The minimum absolute atomic E-state index is 1.88. The predicted molar refractivity (Wildman–Crippen MR) is 41.9 cm³/mol. The van der Waals surface area contributed by atoms with E-state index in [2.05, 4.69) is 5.32 Å². The Balaban J connectivity index is 3.25. The molecule has 1 N–H and O–H groups in total. The summed E-state index contributed by atoms with van der Waals surface area (Å²) in [7, 11) is 0. The zero-order valence-electron chi connectivity index (χ0n) is 5.96.